The van der Waals surface area contributed by atoms with Crippen LogP contribution < -0.4 is 20.3 Å². The van der Waals surface area contributed by atoms with E-state index in [0.29, 0.717) is 48.4 Å². The molecular weight excluding hydrogens is 406 g/mol. The first-order valence-corrected chi connectivity index (χ1v) is 9.95. The summed E-state index contributed by atoms with van der Waals surface area (Å²) in [5, 5.41) is 7.83. The van der Waals surface area contributed by atoms with E-state index >= 15 is 0 Å². The Hall–Kier alpha value is -3.32. The maximum atomic E-state index is 12.3. The number of nitrogens with one attached hydrogen (secondary N) is 1. The third-order valence-corrected chi connectivity index (χ3v) is 4.90. The summed E-state index contributed by atoms with van der Waals surface area (Å²) in [4.78, 5) is 24.4. The highest BCUT2D eigenvalue weighted by Gasteiger charge is 2.14. The second-order valence-corrected chi connectivity index (χ2v) is 7.24. The molecule has 0 saturated carbocycles. The van der Waals surface area contributed by atoms with Crippen LogP contribution in [0, 0.1) is 0 Å². The number of hydrogen-bond acceptors (Lipinski definition) is 5. The lowest BCUT2D eigenvalue weighted by Crippen LogP contribution is -2.34. The molecule has 0 bridgehead atoms. The molecule has 0 fully saturated rings. The molecule has 154 valence electrons. The Labute approximate surface area is 178 Å². The van der Waals surface area contributed by atoms with Gasteiger partial charge in [0.15, 0.2) is 11.5 Å². The number of benzene rings is 2. The predicted molar refractivity (Wildman–Crippen MR) is 113 cm³/mol. The van der Waals surface area contributed by atoms with E-state index in [1.807, 2.05) is 42.5 Å². The third-order valence-electron chi connectivity index (χ3n) is 4.65. The fraction of sp³-hybridized carbons (Fsp3) is 0.227. The molecule has 0 unspecified atom stereocenters. The first-order chi connectivity index (χ1) is 14.6. The van der Waals surface area contributed by atoms with Crippen molar-refractivity contribution in [3.05, 3.63) is 75.5 Å². The lowest BCUT2D eigenvalue weighted by atomic mass is 10.1. The van der Waals surface area contributed by atoms with Gasteiger partial charge in [0, 0.05) is 23.2 Å². The molecule has 7 nitrogen and oxygen atoms in total. The molecule has 2 aromatic carbocycles. The van der Waals surface area contributed by atoms with Gasteiger partial charge in [-0.15, -0.1) is 0 Å². The highest BCUT2D eigenvalue weighted by molar-refractivity contribution is 6.30. The Morgan fingerprint density at radius 3 is 2.60 bits per heavy atom. The van der Waals surface area contributed by atoms with Gasteiger partial charge in [-0.2, -0.15) is 5.10 Å². The maximum absolute atomic E-state index is 12.3. The molecule has 8 heteroatoms. The molecule has 0 aliphatic carbocycles. The predicted octanol–water partition coefficient (Wildman–Crippen LogP) is 2.69. The number of aromatic nitrogens is 2. The van der Waals surface area contributed by atoms with E-state index in [0.717, 1.165) is 15.8 Å². The summed E-state index contributed by atoms with van der Waals surface area (Å²) in [5.74, 6) is 1.04. The largest absolute Gasteiger partial charge is 0.486 e. The second-order valence-electron chi connectivity index (χ2n) is 6.80. The molecule has 1 aliphatic heterocycles. The van der Waals surface area contributed by atoms with Gasteiger partial charge in [0.05, 0.1) is 5.69 Å². The monoisotopic (exact) mass is 425 g/mol. The molecular formula is C22H20ClN3O4. The Morgan fingerprint density at radius 1 is 1.03 bits per heavy atom. The van der Waals surface area contributed by atoms with Crippen molar-refractivity contribution in [3.8, 4) is 22.8 Å². The summed E-state index contributed by atoms with van der Waals surface area (Å²) < 4.78 is 12.3. The first kappa shape index (κ1) is 20.0. The summed E-state index contributed by atoms with van der Waals surface area (Å²) in [6.07, 6.45) is 0.669. The smallest absolute Gasteiger partial charge is 0.267 e. The molecule has 4 rings (SSSR count). The van der Waals surface area contributed by atoms with Gasteiger partial charge >= 0.3 is 0 Å². The van der Waals surface area contributed by atoms with Crippen molar-refractivity contribution < 1.29 is 14.3 Å². The van der Waals surface area contributed by atoms with Crippen LogP contribution in [-0.2, 0) is 17.8 Å². The molecule has 0 saturated heterocycles. The van der Waals surface area contributed by atoms with Crippen molar-refractivity contribution in [2.24, 2.45) is 0 Å². The summed E-state index contributed by atoms with van der Waals surface area (Å²) in [5.41, 5.74) is 2.07. The number of nitrogens with zero attached hydrogens (tertiary/aromatic N) is 2. The molecule has 3 aromatic rings. The number of amides is 1. The van der Waals surface area contributed by atoms with E-state index in [-0.39, 0.29) is 18.0 Å². The zero-order chi connectivity index (χ0) is 20.9. The van der Waals surface area contributed by atoms with Gasteiger partial charge in [-0.3, -0.25) is 9.59 Å². The minimum atomic E-state index is -0.343. The standard InChI is InChI=1S/C22H20ClN3O4/c23-17-4-1-15(2-5-17)9-10-24-21(27)14-26-22(28)8-6-18(25-26)16-3-7-19-20(13-16)30-12-11-29-19/h1-8,13H,9-12,14H2,(H,24,27). The number of ether oxygens (including phenoxy) is 2. The van der Waals surface area contributed by atoms with Crippen LogP contribution in [0.2, 0.25) is 5.02 Å². The van der Waals surface area contributed by atoms with Crippen molar-refractivity contribution in [3.63, 3.8) is 0 Å². The molecule has 1 N–H and O–H groups in total. The van der Waals surface area contributed by atoms with Gasteiger partial charge < -0.3 is 14.8 Å². The van der Waals surface area contributed by atoms with Crippen LogP contribution in [0.25, 0.3) is 11.3 Å². The molecule has 2 heterocycles. The van der Waals surface area contributed by atoms with Gasteiger partial charge in [-0.25, -0.2) is 4.68 Å². The Balaban J connectivity index is 1.41. The quantitative estimate of drug-likeness (QED) is 0.656. The average molecular weight is 426 g/mol. The van der Waals surface area contributed by atoms with Crippen LogP contribution >= 0.6 is 11.6 Å². The van der Waals surface area contributed by atoms with E-state index in [1.54, 1.807) is 6.07 Å². The van der Waals surface area contributed by atoms with Crippen LogP contribution in [0.3, 0.4) is 0 Å². The number of rotatable bonds is 6. The van der Waals surface area contributed by atoms with Gasteiger partial charge in [-0.05, 0) is 48.4 Å². The maximum Gasteiger partial charge on any atom is 0.267 e. The molecule has 0 radical (unpaired) electrons. The lowest BCUT2D eigenvalue weighted by Gasteiger charge is -2.18. The minimum absolute atomic E-state index is 0.155. The number of hydrogen-bond donors (Lipinski definition) is 1. The third kappa shape index (κ3) is 4.80. The van der Waals surface area contributed by atoms with E-state index < -0.39 is 0 Å². The van der Waals surface area contributed by atoms with Crippen LogP contribution in [0.4, 0.5) is 0 Å². The molecule has 1 aromatic heterocycles. The summed E-state index contributed by atoms with van der Waals surface area (Å²) in [6.45, 7) is 1.30. The van der Waals surface area contributed by atoms with Gasteiger partial charge in [0.1, 0.15) is 19.8 Å². The van der Waals surface area contributed by atoms with E-state index in [1.165, 1.54) is 6.07 Å². The van der Waals surface area contributed by atoms with Crippen LogP contribution in [0.1, 0.15) is 5.56 Å². The fourth-order valence-corrected chi connectivity index (χ4v) is 3.23. The fourth-order valence-electron chi connectivity index (χ4n) is 3.11. The van der Waals surface area contributed by atoms with Gasteiger partial charge in [-0.1, -0.05) is 23.7 Å². The first-order valence-electron chi connectivity index (χ1n) is 9.58. The number of halogens is 1. The number of fused-ring (bicyclic) bond motifs is 1. The van der Waals surface area contributed by atoms with Crippen LogP contribution in [-0.4, -0.2) is 35.4 Å². The number of carbonyl (C=O) groups is 1. The highest BCUT2D eigenvalue weighted by Crippen LogP contribution is 2.33. The van der Waals surface area contributed by atoms with Crippen molar-refractivity contribution in [2.75, 3.05) is 19.8 Å². The number of carbonyl (C=O) groups excluding carboxylic acids is 1. The lowest BCUT2D eigenvalue weighted by molar-refractivity contribution is -0.121. The summed E-state index contributed by atoms with van der Waals surface area (Å²) in [6, 6.07) is 16.0. The minimum Gasteiger partial charge on any atom is -0.486 e. The van der Waals surface area contributed by atoms with E-state index in [2.05, 4.69) is 10.4 Å². The Kier molecular flexibility index (Phi) is 5.99. The molecule has 0 atom stereocenters. The summed E-state index contributed by atoms with van der Waals surface area (Å²) in [7, 11) is 0. The second kappa shape index (κ2) is 9.00. The van der Waals surface area contributed by atoms with E-state index in [4.69, 9.17) is 21.1 Å². The van der Waals surface area contributed by atoms with Crippen molar-refractivity contribution >= 4 is 17.5 Å². The van der Waals surface area contributed by atoms with Crippen molar-refractivity contribution in [2.45, 2.75) is 13.0 Å². The Bertz CT molecular complexity index is 1110. The Morgan fingerprint density at radius 2 is 1.80 bits per heavy atom. The molecule has 1 aliphatic rings. The highest BCUT2D eigenvalue weighted by atomic mass is 35.5. The summed E-state index contributed by atoms with van der Waals surface area (Å²) >= 11 is 5.87. The topological polar surface area (TPSA) is 82.5 Å². The molecule has 30 heavy (non-hydrogen) atoms. The van der Waals surface area contributed by atoms with E-state index in [9.17, 15) is 9.59 Å². The molecule has 0 spiro atoms. The zero-order valence-electron chi connectivity index (χ0n) is 16.1. The average Bonchev–Trinajstić information content (AvgIpc) is 2.76. The van der Waals surface area contributed by atoms with Crippen LogP contribution in [0.15, 0.2) is 59.4 Å². The van der Waals surface area contributed by atoms with Crippen molar-refractivity contribution in [1.82, 2.24) is 15.1 Å². The van der Waals surface area contributed by atoms with Crippen molar-refractivity contribution in [1.29, 1.82) is 0 Å². The van der Waals surface area contributed by atoms with Gasteiger partial charge in [0.25, 0.3) is 5.56 Å². The SMILES string of the molecule is O=C(Cn1nc(-c2ccc3c(c2)OCCO3)ccc1=O)NCCc1ccc(Cl)cc1. The molecule has 1 amide bonds. The normalized spacial score (nSPS) is 12.4. The van der Waals surface area contributed by atoms with Gasteiger partial charge in [0.2, 0.25) is 5.91 Å². The van der Waals surface area contributed by atoms with Crippen LogP contribution in [0.5, 0.6) is 11.5 Å². The zero-order valence-corrected chi connectivity index (χ0v) is 16.9.